The Kier molecular flexibility index (Phi) is 11.8. The highest BCUT2D eigenvalue weighted by Gasteiger charge is 2.49. The molecule has 6 unspecified atom stereocenters. The minimum atomic E-state index is -1.72. The number of methoxy groups -OCH3 is 1. The number of aliphatic hydroxyl groups excluding tert-OH is 5. The van der Waals surface area contributed by atoms with E-state index < -0.39 is 66.8 Å². The van der Waals surface area contributed by atoms with Gasteiger partial charge in [0, 0.05) is 0 Å². The summed E-state index contributed by atoms with van der Waals surface area (Å²) in [5.74, 6) is -3.90. The molecule has 204 valence electrons. The van der Waals surface area contributed by atoms with Crippen molar-refractivity contribution < 1.29 is 44.6 Å². The highest BCUT2D eigenvalue weighted by atomic mass is 16.5. The van der Waals surface area contributed by atoms with Gasteiger partial charge in [0.15, 0.2) is 0 Å². The van der Waals surface area contributed by atoms with Crippen LogP contribution < -0.4 is 0 Å². The van der Waals surface area contributed by atoms with Gasteiger partial charge in [0.25, 0.3) is 0 Å². The van der Waals surface area contributed by atoms with Gasteiger partial charge < -0.3 is 35.0 Å². The van der Waals surface area contributed by atoms with Gasteiger partial charge in [0.05, 0.1) is 43.7 Å². The molecule has 0 bridgehead atoms. The molecule has 5 N–H and O–H groups in total. The number of aliphatic hydroxyl groups is 5. The second-order valence-corrected chi connectivity index (χ2v) is 10.2. The van der Waals surface area contributed by atoms with Crippen LogP contribution in [-0.2, 0) is 19.1 Å². The lowest BCUT2D eigenvalue weighted by molar-refractivity contribution is -0.213. The molecule has 0 heterocycles. The SMILES string of the molecule is COC(=O)C1CC(CCC=C(C)CCC=C(C)C)=CCC1C(=O)OCC1C(O)C(O)C(O)C(O)C1O. The van der Waals surface area contributed by atoms with Crippen molar-refractivity contribution in [1.29, 1.82) is 0 Å². The second kappa shape index (κ2) is 14.0. The second-order valence-electron chi connectivity index (χ2n) is 10.2. The Bertz CT molecular complexity index is 826. The number of carbonyl (C=O) groups excluding carboxylic acids is 2. The van der Waals surface area contributed by atoms with Crippen molar-refractivity contribution in [3.05, 3.63) is 34.9 Å². The van der Waals surface area contributed by atoms with Crippen LogP contribution in [0.5, 0.6) is 0 Å². The molecule has 0 aliphatic heterocycles. The lowest BCUT2D eigenvalue weighted by Crippen LogP contribution is -2.62. The third-order valence-corrected chi connectivity index (χ3v) is 7.18. The molecule has 1 fully saturated rings. The Morgan fingerprint density at radius 2 is 1.50 bits per heavy atom. The van der Waals surface area contributed by atoms with Gasteiger partial charge in [0.2, 0.25) is 0 Å². The first-order chi connectivity index (χ1) is 17.0. The Morgan fingerprint density at radius 1 is 0.889 bits per heavy atom. The van der Waals surface area contributed by atoms with Crippen LogP contribution in [0.2, 0.25) is 0 Å². The molecular weight excluding hydrogens is 468 g/mol. The molecule has 0 spiro atoms. The number of allylic oxidation sites excluding steroid dienone is 6. The fraction of sp³-hybridized carbons (Fsp3) is 0.704. The minimum Gasteiger partial charge on any atom is -0.469 e. The summed E-state index contributed by atoms with van der Waals surface area (Å²) in [6.45, 7) is 5.78. The van der Waals surface area contributed by atoms with Crippen LogP contribution in [0.25, 0.3) is 0 Å². The Morgan fingerprint density at radius 3 is 2.08 bits per heavy atom. The van der Waals surface area contributed by atoms with Crippen molar-refractivity contribution in [1.82, 2.24) is 0 Å². The predicted octanol–water partition coefficient (Wildman–Crippen LogP) is 1.56. The van der Waals surface area contributed by atoms with Gasteiger partial charge in [0.1, 0.15) is 18.3 Å². The van der Waals surface area contributed by atoms with E-state index in [4.69, 9.17) is 9.47 Å². The number of esters is 2. The van der Waals surface area contributed by atoms with Gasteiger partial charge in [-0.2, -0.15) is 0 Å². The van der Waals surface area contributed by atoms with E-state index in [-0.39, 0.29) is 6.42 Å². The third kappa shape index (κ3) is 7.98. The monoisotopic (exact) mass is 510 g/mol. The number of hydrogen-bond acceptors (Lipinski definition) is 9. The van der Waals surface area contributed by atoms with Gasteiger partial charge >= 0.3 is 11.9 Å². The summed E-state index contributed by atoms with van der Waals surface area (Å²) in [6, 6.07) is 0. The van der Waals surface area contributed by atoms with Gasteiger partial charge in [-0.25, -0.2) is 0 Å². The first kappa shape index (κ1) is 30.2. The number of rotatable bonds is 10. The maximum atomic E-state index is 12.9. The molecular formula is C27H42O9. The van der Waals surface area contributed by atoms with E-state index >= 15 is 0 Å². The normalized spacial score (nSPS) is 32.9. The van der Waals surface area contributed by atoms with Crippen LogP contribution in [0.4, 0.5) is 0 Å². The van der Waals surface area contributed by atoms with E-state index in [0.717, 1.165) is 31.3 Å². The lowest BCUT2D eigenvalue weighted by atomic mass is 9.78. The van der Waals surface area contributed by atoms with E-state index in [1.165, 1.54) is 18.3 Å². The molecule has 0 saturated heterocycles. The maximum Gasteiger partial charge on any atom is 0.310 e. The molecule has 0 aromatic heterocycles. The van der Waals surface area contributed by atoms with Crippen molar-refractivity contribution in [3.63, 3.8) is 0 Å². The lowest BCUT2D eigenvalue weighted by Gasteiger charge is -2.41. The average Bonchev–Trinajstić information content (AvgIpc) is 2.85. The van der Waals surface area contributed by atoms with Crippen LogP contribution in [-0.4, -0.2) is 81.7 Å². The first-order valence-corrected chi connectivity index (χ1v) is 12.6. The summed E-state index contributed by atoms with van der Waals surface area (Å²) >= 11 is 0. The summed E-state index contributed by atoms with van der Waals surface area (Å²) in [5.41, 5.74) is 3.68. The molecule has 0 aromatic rings. The molecule has 9 nitrogen and oxygen atoms in total. The Balaban J connectivity index is 1.98. The third-order valence-electron chi connectivity index (χ3n) is 7.18. The van der Waals surface area contributed by atoms with Crippen molar-refractivity contribution in [2.45, 2.75) is 89.8 Å². The summed E-state index contributed by atoms with van der Waals surface area (Å²) in [6.07, 6.45) is 2.34. The fourth-order valence-corrected chi connectivity index (χ4v) is 4.82. The number of ether oxygens (including phenoxy) is 2. The molecule has 9 heteroatoms. The summed E-state index contributed by atoms with van der Waals surface area (Å²) in [7, 11) is 1.27. The topological polar surface area (TPSA) is 154 Å². The predicted molar refractivity (Wildman–Crippen MR) is 132 cm³/mol. The van der Waals surface area contributed by atoms with E-state index in [1.807, 2.05) is 6.08 Å². The molecule has 2 rings (SSSR count). The van der Waals surface area contributed by atoms with Gasteiger partial charge in [-0.3, -0.25) is 9.59 Å². The summed E-state index contributed by atoms with van der Waals surface area (Å²) in [4.78, 5) is 25.3. The van der Waals surface area contributed by atoms with E-state index in [2.05, 4.69) is 32.9 Å². The molecule has 0 aromatic carbocycles. The van der Waals surface area contributed by atoms with Gasteiger partial charge in [-0.15, -0.1) is 0 Å². The van der Waals surface area contributed by atoms with Crippen molar-refractivity contribution in [2.24, 2.45) is 17.8 Å². The van der Waals surface area contributed by atoms with Crippen molar-refractivity contribution in [3.8, 4) is 0 Å². The quantitative estimate of drug-likeness (QED) is 0.218. The summed E-state index contributed by atoms with van der Waals surface area (Å²) < 4.78 is 10.2. The zero-order valence-corrected chi connectivity index (χ0v) is 21.7. The molecule has 2 aliphatic rings. The Labute approximate surface area is 213 Å². The zero-order valence-electron chi connectivity index (χ0n) is 21.7. The van der Waals surface area contributed by atoms with Crippen LogP contribution in [0.3, 0.4) is 0 Å². The van der Waals surface area contributed by atoms with E-state index in [0.29, 0.717) is 6.42 Å². The van der Waals surface area contributed by atoms with Crippen LogP contribution in [0.1, 0.15) is 59.3 Å². The van der Waals surface area contributed by atoms with Gasteiger partial charge in [-0.05, 0) is 59.3 Å². The molecule has 1 saturated carbocycles. The van der Waals surface area contributed by atoms with Crippen molar-refractivity contribution >= 4 is 11.9 Å². The van der Waals surface area contributed by atoms with E-state index in [1.54, 1.807) is 0 Å². The van der Waals surface area contributed by atoms with Crippen LogP contribution >= 0.6 is 0 Å². The maximum absolute atomic E-state index is 12.9. The molecule has 6 atom stereocenters. The largest absolute Gasteiger partial charge is 0.469 e. The summed E-state index contributed by atoms with van der Waals surface area (Å²) in [5, 5.41) is 49.8. The zero-order chi connectivity index (χ0) is 27.0. The first-order valence-electron chi connectivity index (χ1n) is 12.6. The van der Waals surface area contributed by atoms with Crippen LogP contribution in [0.15, 0.2) is 34.9 Å². The molecule has 36 heavy (non-hydrogen) atoms. The highest BCUT2D eigenvalue weighted by Crippen LogP contribution is 2.34. The standard InChI is InChI=1S/C27H42O9/c1-15(2)7-5-8-16(3)9-6-10-17-11-12-18(19(13-17)26(33)35-4)27(34)36-14-20-21(28)23(30)25(32)24(31)22(20)29/h7,9,11,18-25,28-32H,5-6,8,10,12-14H2,1-4H3. The molecule has 0 radical (unpaired) electrons. The molecule has 2 aliphatic carbocycles. The smallest absolute Gasteiger partial charge is 0.310 e. The van der Waals surface area contributed by atoms with Gasteiger partial charge in [-0.1, -0.05) is 34.9 Å². The fourth-order valence-electron chi connectivity index (χ4n) is 4.82. The average molecular weight is 511 g/mol. The molecule has 0 amide bonds. The van der Waals surface area contributed by atoms with Crippen LogP contribution in [0, 0.1) is 17.8 Å². The minimum absolute atomic E-state index is 0.289. The number of carbonyl (C=O) groups is 2. The Hall–Kier alpha value is -2.04. The van der Waals surface area contributed by atoms with Crippen molar-refractivity contribution in [2.75, 3.05) is 13.7 Å². The number of hydrogen-bond donors (Lipinski definition) is 5. The highest BCUT2D eigenvalue weighted by molar-refractivity contribution is 5.83. The van der Waals surface area contributed by atoms with E-state index in [9.17, 15) is 35.1 Å².